The van der Waals surface area contributed by atoms with E-state index >= 15 is 0 Å². The zero-order valence-corrected chi connectivity index (χ0v) is 18.5. The van der Waals surface area contributed by atoms with Crippen LogP contribution in [0.1, 0.15) is 25.7 Å². The van der Waals surface area contributed by atoms with Crippen molar-refractivity contribution in [3.8, 4) is 0 Å². The summed E-state index contributed by atoms with van der Waals surface area (Å²) in [6.07, 6.45) is 8.05. The van der Waals surface area contributed by atoms with Crippen LogP contribution in [-0.4, -0.2) is 8.07 Å². The fourth-order valence-electron chi connectivity index (χ4n) is 3.63. The third kappa shape index (κ3) is 5.24. The molecule has 3 rings (SSSR count). The molecule has 2 aliphatic rings. The van der Waals surface area contributed by atoms with Crippen LogP contribution in [0.15, 0.2) is 53.1 Å². The molecule has 124 valence electrons. The summed E-state index contributed by atoms with van der Waals surface area (Å²) in [5, 5.41) is 1.60. The quantitative estimate of drug-likeness (QED) is 0.434. The van der Waals surface area contributed by atoms with Crippen molar-refractivity contribution in [2.45, 2.75) is 49.0 Å². The fourth-order valence-corrected chi connectivity index (χ4v) is 7.38. The largest absolute Gasteiger partial charge is 1.00 e. The summed E-state index contributed by atoms with van der Waals surface area (Å²) < 4.78 is 0.723. The van der Waals surface area contributed by atoms with E-state index < -0.39 is 8.07 Å². The van der Waals surface area contributed by atoms with Gasteiger partial charge in [-0.2, -0.15) is 0 Å². The molecule has 0 fully saturated rings. The van der Waals surface area contributed by atoms with Gasteiger partial charge >= 0.3 is 136 Å². The van der Waals surface area contributed by atoms with Gasteiger partial charge in [0, 0.05) is 0 Å². The van der Waals surface area contributed by atoms with E-state index in [9.17, 15) is 0 Å². The van der Waals surface area contributed by atoms with Crippen LogP contribution in [0.5, 0.6) is 0 Å². The Hall–Kier alpha value is 0.501. The van der Waals surface area contributed by atoms with Crippen LogP contribution >= 0.6 is 0 Å². The Morgan fingerprint density at radius 1 is 1.00 bits per heavy atom. The van der Waals surface area contributed by atoms with Gasteiger partial charge in [0.1, 0.15) is 0 Å². The van der Waals surface area contributed by atoms with E-state index in [-0.39, 0.29) is 37.2 Å². The molecule has 5 heteroatoms. The third-order valence-corrected chi connectivity index (χ3v) is 9.15. The minimum atomic E-state index is -1.35. The van der Waals surface area contributed by atoms with Crippen molar-refractivity contribution >= 4 is 13.3 Å². The van der Waals surface area contributed by atoms with Crippen molar-refractivity contribution < 1.29 is 57.7 Å². The molecule has 0 saturated heterocycles. The monoisotopic (exact) mass is 420 g/mol. The Morgan fingerprint density at radius 2 is 1.61 bits per heavy atom. The SMILES string of the molecule is C[Si](C)(CC1=CC2=C(CCCC2)[CH]1[Ti+3])c1ccccc1.[Cl-].[Cl-].[Cl-]. The van der Waals surface area contributed by atoms with Crippen molar-refractivity contribution in [3.05, 3.63) is 53.1 Å². The molecule has 23 heavy (non-hydrogen) atoms. The van der Waals surface area contributed by atoms with Gasteiger partial charge in [-0.1, -0.05) is 0 Å². The van der Waals surface area contributed by atoms with Crippen LogP contribution in [0, 0.1) is 0 Å². The molecule has 0 saturated carbocycles. The van der Waals surface area contributed by atoms with E-state index in [4.69, 9.17) is 0 Å². The van der Waals surface area contributed by atoms with E-state index in [0.29, 0.717) is 0 Å². The molecule has 0 aliphatic heterocycles. The molecule has 0 N–H and O–H groups in total. The van der Waals surface area contributed by atoms with Crippen LogP contribution in [0.25, 0.3) is 0 Å². The maximum atomic E-state index is 2.57. The van der Waals surface area contributed by atoms with Gasteiger partial charge in [-0.25, -0.2) is 0 Å². The fraction of sp³-hybridized carbons (Fsp3) is 0.444. The summed E-state index contributed by atoms with van der Waals surface area (Å²) in [7, 11) is -1.35. The Balaban J connectivity index is 0.00000161. The van der Waals surface area contributed by atoms with Gasteiger partial charge in [0.15, 0.2) is 0 Å². The van der Waals surface area contributed by atoms with Crippen LogP contribution in [-0.2, 0) is 20.4 Å². The zero-order chi connectivity index (χ0) is 14.2. The number of benzene rings is 1. The summed E-state index contributed by atoms with van der Waals surface area (Å²) in [6, 6.07) is 12.5. The van der Waals surface area contributed by atoms with Crippen molar-refractivity contribution in [2.75, 3.05) is 0 Å². The average Bonchev–Trinajstić information content (AvgIpc) is 2.76. The zero-order valence-electron chi connectivity index (χ0n) is 13.7. The molecule has 0 heterocycles. The first-order valence-corrected chi connectivity index (χ1v) is 11.9. The molecule has 0 spiro atoms. The van der Waals surface area contributed by atoms with Gasteiger partial charge in [0.05, 0.1) is 0 Å². The van der Waals surface area contributed by atoms with Crippen LogP contribution in [0.3, 0.4) is 0 Å². The molecule has 0 amide bonds. The van der Waals surface area contributed by atoms with E-state index in [0.717, 1.165) is 4.22 Å². The van der Waals surface area contributed by atoms with E-state index in [1.54, 1.807) is 21.9 Å². The van der Waals surface area contributed by atoms with Crippen molar-refractivity contribution in [1.29, 1.82) is 0 Å². The second-order valence-corrected chi connectivity index (χ2v) is 12.4. The second-order valence-electron chi connectivity index (χ2n) is 6.84. The normalized spacial score (nSPS) is 19.8. The number of halogens is 3. The second kappa shape index (κ2) is 9.85. The van der Waals surface area contributed by atoms with E-state index in [1.807, 2.05) is 0 Å². The predicted molar refractivity (Wildman–Crippen MR) is 85.7 cm³/mol. The molecule has 1 aromatic carbocycles. The standard InChI is InChI=1S/C18H23Si.3ClH.Ti/c1-19(2,18-10-4-3-5-11-18)14-15-12-16-8-6-7-9-17(16)13-15;;;;/h3-5,10-13H,6-9,14H2,1-2H3;3*1H;/q;;;;+3/p-3. The minimum Gasteiger partial charge on any atom is -1.00 e. The summed E-state index contributed by atoms with van der Waals surface area (Å²) in [5.41, 5.74) is 5.18. The topological polar surface area (TPSA) is 0 Å². The molecule has 1 unspecified atom stereocenters. The van der Waals surface area contributed by atoms with Gasteiger partial charge in [0.2, 0.25) is 0 Å². The van der Waals surface area contributed by atoms with Gasteiger partial charge in [0.25, 0.3) is 0 Å². The number of hydrogen-bond acceptors (Lipinski definition) is 0. The van der Waals surface area contributed by atoms with Gasteiger partial charge in [-0.3, -0.25) is 0 Å². The molecule has 2 aliphatic carbocycles. The van der Waals surface area contributed by atoms with E-state index in [2.05, 4.69) is 69.9 Å². The molecule has 1 atom stereocenters. The Bertz CT molecular complexity index is 567. The first-order chi connectivity index (χ1) is 9.58. The summed E-state index contributed by atoms with van der Waals surface area (Å²) in [5.74, 6) is 0. The third-order valence-electron chi connectivity index (χ3n) is 4.83. The molecule has 0 bridgehead atoms. The smallest absolute Gasteiger partial charge is 1.00 e. The Labute approximate surface area is 172 Å². The maximum absolute atomic E-state index is 2.57. The number of rotatable bonds is 3. The predicted octanol–water partition coefficient (Wildman–Crippen LogP) is -4.24. The summed E-state index contributed by atoms with van der Waals surface area (Å²) in [6.45, 7) is 5.04. The average molecular weight is 422 g/mol. The van der Waals surface area contributed by atoms with Gasteiger partial charge in [-0.15, -0.1) is 0 Å². The minimum absolute atomic E-state index is 0. The molecule has 0 radical (unpaired) electrons. The molecule has 0 nitrogen and oxygen atoms in total. The van der Waals surface area contributed by atoms with Gasteiger partial charge in [-0.05, 0) is 0 Å². The van der Waals surface area contributed by atoms with Crippen LogP contribution < -0.4 is 42.4 Å². The first-order valence-electron chi connectivity index (χ1n) is 7.77. The molecule has 0 aromatic heterocycles. The van der Waals surface area contributed by atoms with Crippen LogP contribution in [0.4, 0.5) is 0 Å². The number of allylic oxidation sites excluding steroid dienone is 4. The first kappa shape index (κ1) is 23.5. The number of hydrogen-bond donors (Lipinski definition) is 0. The summed E-state index contributed by atoms with van der Waals surface area (Å²) in [4.78, 5) is 0. The van der Waals surface area contributed by atoms with E-state index in [1.165, 1.54) is 31.7 Å². The van der Waals surface area contributed by atoms with Crippen molar-refractivity contribution in [3.63, 3.8) is 0 Å². The van der Waals surface area contributed by atoms with Crippen molar-refractivity contribution in [1.82, 2.24) is 0 Å². The molecule has 1 aromatic rings. The van der Waals surface area contributed by atoms with Gasteiger partial charge < -0.3 is 37.2 Å². The molecular weight excluding hydrogens is 399 g/mol. The Kier molecular flexibility index (Phi) is 10.1. The van der Waals surface area contributed by atoms with Crippen molar-refractivity contribution in [2.24, 2.45) is 0 Å². The molecular formula is C18H23Cl3SiTi. The maximum Gasteiger partial charge on any atom is -1.00 e. The summed E-state index contributed by atoms with van der Waals surface area (Å²) >= 11 is 2.44. The Morgan fingerprint density at radius 3 is 2.22 bits per heavy atom. The van der Waals surface area contributed by atoms with Crippen LogP contribution in [0.2, 0.25) is 23.4 Å².